The molecule has 2 fully saturated rings. The molecule has 6 heteroatoms. The lowest BCUT2D eigenvalue weighted by Gasteiger charge is -1.97. The molecule has 2 atom stereocenters. The summed E-state index contributed by atoms with van der Waals surface area (Å²) in [6.45, 7) is 8.58. The lowest BCUT2D eigenvalue weighted by molar-refractivity contribution is -0.127. The maximum Gasteiger partial charge on any atom is 0.233 e. The Bertz CT molecular complexity index is 864. The zero-order valence-corrected chi connectivity index (χ0v) is 23.9. The number of hydrogen-bond acceptors (Lipinski definition) is 4. The summed E-state index contributed by atoms with van der Waals surface area (Å²) in [6.07, 6.45) is 20.3. The fourth-order valence-corrected chi connectivity index (χ4v) is 4.16. The van der Waals surface area contributed by atoms with Crippen LogP contribution >= 0.6 is 0 Å². The van der Waals surface area contributed by atoms with Crippen molar-refractivity contribution in [1.82, 2.24) is 10.6 Å². The lowest BCUT2D eigenvalue weighted by Crippen LogP contribution is -2.21. The summed E-state index contributed by atoms with van der Waals surface area (Å²) >= 11 is 0. The summed E-state index contributed by atoms with van der Waals surface area (Å²) in [5.74, 6) is -1.04. The molecule has 0 aliphatic carbocycles. The van der Waals surface area contributed by atoms with Gasteiger partial charge in [0.25, 0.3) is 0 Å². The third-order valence-electron chi connectivity index (χ3n) is 6.37. The molecule has 2 heterocycles. The van der Waals surface area contributed by atoms with Gasteiger partial charge >= 0.3 is 0 Å². The smallest absolute Gasteiger partial charge is 0.233 e. The van der Waals surface area contributed by atoms with Gasteiger partial charge in [-0.05, 0) is 39.5 Å². The van der Waals surface area contributed by atoms with E-state index in [-0.39, 0.29) is 35.5 Å². The van der Waals surface area contributed by atoms with Gasteiger partial charge in [-0.15, -0.1) is 0 Å². The molecular weight excluding hydrogens is 476 g/mol. The fourth-order valence-electron chi connectivity index (χ4n) is 4.16. The SMILES string of the molecule is CCCCCCC=CC1CC(=O)NC1=O.CCCCCCC=CC1CC(=O)NC1=O.Cc1cccc(C)c1. The van der Waals surface area contributed by atoms with Gasteiger partial charge in [0.15, 0.2) is 0 Å². The number of amides is 4. The van der Waals surface area contributed by atoms with Gasteiger partial charge < -0.3 is 0 Å². The molecule has 38 heavy (non-hydrogen) atoms. The second-order valence-corrected chi connectivity index (χ2v) is 10.2. The summed E-state index contributed by atoms with van der Waals surface area (Å²) in [5.41, 5.74) is 2.68. The Kier molecular flexibility index (Phi) is 17.4. The minimum Gasteiger partial charge on any atom is -0.296 e. The standard InChI is InChI=1S/2C12H19NO2.C8H10/c2*1-2-3-4-5-6-7-8-10-9-11(14)13-12(10)15;1-7-4-3-5-8(2)6-7/h2*7-8,10H,2-6,9H2,1H3,(H,13,14,15);3-6H,1-2H3. The number of benzene rings is 1. The van der Waals surface area contributed by atoms with Crippen molar-refractivity contribution in [3.05, 3.63) is 59.7 Å². The third kappa shape index (κ3) is 15.3. The zero-order chi connectivity index (χ0) is 28.2. The van der Waals surface area contributed by atoms with E-state index in [0.29, 0.717) is 12.8 Å². The van der Waals surface area contributed by atoms with Gasteiger partial charge in [0.1, 0.15) is 0 Å². The predicted molar refractivity (Wildman–Crippen MR) is 154 cm³/mol. The number of imide groups is 2. The molecular formula is C32H48N2O4. The van der Waals surface area contributed by atoms with E-state index in [0.717, 1.165) is 12.8 Å². The van der Waals surface area contributed by atoms with Gasteiger partial charge in [-0.3, -0.25) is 29.8 Å². The van der Waals surface area contributed by atoms with E-state index >= 15 is 0 Å². The van der Waals surface area contributed by atoms with E-state index in [9.17, 15) is 19.2 Å². The molecule has 4 amide bonds. The Hall–Kier alpha value is -3.02. The maximum absolute atomic E-state index is 11.2. The number of aryl methyl sites for hydroxylation is 2. The predicted octanol–water partition coefficient (Wildman–Crippen LogP) is 6.65. The third-order valence-corrected chi connectivity index (χ3v) is 6.37. The largest absolute Gasteiger partial charge is 0.296 e. The second-order valence-electron chi connectivity index (χ2n) is 10.2. The number of hydrogen-bond donors (Lipinski definition) is 2. The Morgan fingerprint density at radius 1 is 0.684 bits per heavy atom. The van der Waals surface area contributed by atoms with Crippen molar-refractivity contribution >= 4 is 23.6 Å². The van der Waals surface area contributed by atoms with Crippen LogP contribution in [0.15, 0.2) is 48.6 Å². The van der Waals surface area contributed by atoms with Gasteiger partial charge in [-0.25, -0.2) is 0 Å². The van der Waals surface area contributed by atoms with Gasteiger partial charge in [-0.2, -0.15) is 0 Å². The highest BCUT2D eigenvalue weighted by atomic mass is 16.2. The van der Waals surface area contributed by atoms with Gasteiger partial charge in [0.2, 0.25) is 23.6 Å². The zero-order valence-electron chi connectivity index (χ0n) is 23.9. The Morgan fingerprint density at radius 2 is 1.11 bits per heavy atom. The van der Waals surface area contributed by atoms with E-state index in [1.165, 1.54) is 62.5 Å². The van der Waals surface area contributed by atoms with Crippen LogP contribution < -0.4 is 10.6 Å². The first-order chi connectivity index (χ1) is 18.3. The molecule has 0 bridgehead atoms. The molecule has 0 radical (unpaired) electrons. The normalized spacial score (nSPS) is 18.7. The number of nitrogens with one attached hydrogen (secondary N) is 2. The first-order valence-corrected chi connectivity index (χ1v) is 14.3. The van der Waals surface area contributed by atoms with E-state index < -0.39 is 0 Å². The Balaban J connectivity index is 0.000000298. The van der Waals surface area contributed by atoms with Crippen LogP contribution in [0.25, 0.3) is 0 Å². The van der Waals surface area contributed by atoms with Crippen LogP contribution in [0.4, 0.5) is 0 Å². The van der Waals surface area contributed by atoms with Gasteiger partial charge in [-0.1, -0.05) is 112 Å². The number of rotatable bonds is 12. The van der Waals surface area contributed by atoms with Crippen molar-refractivity contribution < 1.29 is 19.2 Å². The van der Waals surface area contributed by atoms with E-state index in [2.05, 4.69) is 62.6 Å². The quantitative estimate of drug-likeness (QED) is 0.182. The minimum absolute atomic E-state index is 0.148. The first-order valence-electron chi connectivity index (χ1n) is 14.3. The highest BCUT2D eigenvalue weighted by Crippen LogP contribution is 2.14. The highest BCUT2D eigenvalue weighted by Gasteiger charge is 2.28. The number of allylic oxidation sites excluding steroid dienone is 2. The van der Waals surface area contributed by atoms with E-state index in [4.69, 9.17) is 0 Å². The molecule has 1 aromatic carbocycles. The summed E-state index contributed by atoms with van der Waals surface area (Å²) < 4.78 is 0. The molecule has 210 valence electrons. The molecule has 0 spiro atoms. The molecule has 2 saturated heterocycles. The van der Waals surface area contributed by atoms with Crippen LogP contribution in [-0.4, -0.2) is 23.6 Å². The lowest BCUT2D eigenvalue weighted by atomic mass is 10.1. The second kappa shape index (κ2) is 20.0. The number of unbranched alkanes of at least 4 members (excludes halogenated alkanes) is 8. The molecule has 6 nitrogen and oxygen atoms in total. The summed E-state index contributed by atoms with van der Waals surface area (Å²) in [5, 5.41) is 4.60. The van der Waals surface area contributed by atoms with Crippen molar-refractivity contribution in [1.29, 1.82) is 0 Å². The maximum atomic E-state index is 11.2. The molecule has 2 N–H and O–H groups in total. The summed E-state index contributed by atoms with van der Waals surface area (Å²) in [6, 6.07) is 8.45. The van der Waals surface area contributed by atoms with Crippen LogP contribution in [0, 0.1) is 25.7 Å². The van der Waals surface area contributed by atoms with Crippen LogP contribution in [0.2, 0.25) is 0 Å². The monoisotopic (exact) mass is 524 g/mol. The summed E-state index contributed by atoms with van der Waals surface area (Å²) in [7, 11) is 0. The average molecular weight is 525 g/mol. The van der Waals surface area contributed by atoms with Crippen LogP contribution in [0.3, 0.4) is 0 Å². The van der Waals surface area contributed by atoms with Crippen molar-refractivity contribution in [2.75, 3.05) is 0 Å². The van der Waals surface area contributed by atoms with Crippen molar-refractivity contribution in [3.63, 3.8) is 0 Å². The molecule has 2 aliphatic rings. The molecule has 0 aromatic heterocycles. The molecule has 1 aromatic rings. The molecule has 2 aliphatic heterocycles. The molecule has 0 saturated carbocycles. The minimum atomic E-state index is -0.219. The number of carbonyl (C=O) groups excluding carboxylic acids is 4. The average Bonchev–Trinajstić information content (AvgIpc) is 3.37. The van der Waals surface area contributed by atoms with Crippen molar-refractivity contribution in [2.45, 2.75) is 105 Å². The van der Waals surface area contributed by atoms with Crippen LogP contribution in [-0.2, 0) is 19.2 Å². The molecule has 3 rings (SSSR count). The summed E-state index contributed by atoms with van der Waals surface area (Å²) in [4.78, 5) is 44.1. The fraction of sp³-hybridized carbons (Fsp3) is 0.562. The highest BCUT2D eigenvalue weighted by molar-refractivity contribution is 6.04. The van der Waals surface area contributed by atoms with Crippen molar-refractivity contribution in [2.24, 2.45) is 11.8 Å². The molecule has 2 unspecified atom stereocenters. The van der Waals surface area contributed by atoms with Crippen molar-refractivity contribution in [3.8, 4) is 0 Å². The van der Waals surface area contributed by atoms with Crippen LogP contribution in [0.5, 0.6) is 0 Å². The van der Waals surface area contributed by atoms with Gasteiger partial charge in [0, 0.05) is 12.8 Å². The van der Waals surface area contributed by atoms with E-state index in [1.54, 1.807) is 0 Å². The number of carbonyl (C=O) groups is 4. The Labute approximate surface area is 229 Å². The topological polar surface area (TPSA) is 92.3 Å². The van der Waals surface area contributed by atoms with E-state index in [1.807, 2.05) is 24.3 Å². The van der Waals surface area contributed by atoms with Crippen LogP contribution in [0.1, 0.15) is 102 Å². The Morgan fingerprint density at radius 3 is 1.39 bits per heavy atom. The first kappa shape index (κ1) is 33.0. The van der Waals surface area contributed by atoms with Gasteiger partial charge in [0.05, 0.1) is 11.8 Å².